The van der Waals surface area contributed by atoms with Crippen LogP contribution in [0.15, 0.2) is 24.3 Å². The van der Waals surface area contributed by atoms with Crippen LogP contribution in [-0.2, 0) is 11.2 Å². The van der Waals surface area contributed by atoms with Crippen molar-refractivity contribution in [1.29, 1.82) is 0 Å². The second-order valence-electron chi connectivity index (χ2n) is 5.69. The molecule has 1 aromatic carbocycles. The van der Waals surface area contributed by atoms with Gasteiger partial charge in [0, 0.05) is 11.1 Å². The topological polar surface area (TPSA) is 83.6 Å². The van der Waals surface area contributed by atoms with Crippen LogP contribution in [0.25, 0.3) is 0 Å². The number of carboxylic acid groups (broad SMARTS) is 1. The summed E-state index contributed by atoms with van der Waals surface area (Å²) in [7, 11) is 0. The third-order valence-electron chi connectivity index (χ3n) is 2.98. The first-order chi connectivity index (χ1) is 9.25. The fourth-order valence-electron chi connectivity index (χ4n) is 1.89. The summed E-state index contributed by atoms with van der Waals surface area (Å²) in [6.07, 6.45) is 0.757. The Kier molecular flexibility index (Phi) is 5.27. The Balaban J connectivity index is 2.97. The molecule has 20 heavy (non-hydrogen) atoms. The molecule has 0 aliphatic heterocycles. The molecule has 0 aliphatic carbocycles. The van der Waals surface area contributed by atoms with Crippen LogP contribution in [0.2, 0.25) is 0 Å². The van der Waals surface area contributed by atoms with Crippen molar-refractivity contribution in [2.75, 3.05) is 13.1 Å². The summed E-state index contributed by atoms with van der Waals surface area (Å²) < 4.78 is 0. The standard InChI is InChI=1S/C15H22N2O3/c1-15(2,3)17(10-13(18)19)14(20)12-6-4-11(5-7-12)8-9-16/h4-7H,8-10,16H2,1-3H3,(H,18,19). The Hall–Kier alpha value is -1.88. The molecule has 5 heteroatoms. The van der Waals surface area contributed by atoms with Gasteiger partial charge in [-0.15, -0.1) is 0 Å². The second-order valence-corrected chi connectivity index (χ2v) is 5.69. The Bertz CT molecular complexity index is 475. The van der Waals surface area contributed by atoms with E-state index in [4.69, 9.17) is 10.8 Å². The first kappa shape index (κ1) is 16.2. The molecular formula is C15H22N2O3. The zero-order chi connectivity index (χ0) is 15.3. The van der Waals surface area contributed by atoms with Crippen LogP contribution in [-0.4, -0.2) is 40.5 Å². The quantitative estimate of drug-likeness (QED) is 0.855. The van der Waals surface area contributed by atoms with Gasteiger partial charge in [0.1, 0.15) is 6.54 Å². The number of benzene rings is 1. The van der Waals surface area contributed by atoms with Gasteiger partial charge in [-0.2, -0.15) is 0 Å². The van der Waals surface area contributed by atoms with Crippen molar-refractivity contribution in [2.45, 2.75) is 32.7 Å². The van der Waals surface area contributed by atoms with E-state index in [1.165, 1.54) is 4.90 Å². The first-order valence-corrected chi connectivity index (χ1v) is 6.58. The minimum Gasteiger partial charge on any atom is -0.480 e. The van der Waals surface area contributed by atoms with Crippen molar-refractivity contribution < 1.29 is 14.7 Å². The van der Waals surface area contributed by atoms with Crippen molar-refractivity contribution in [2.24, 2.45) is 5.73 Å². The zero-order valence-corrected chi connectivity index (χ0v) is 12.2. The van der Waals surface area contributed by atoms with E-state index in [0.717, 1.165) is 12.0 Å². The molecule has 1 aromatic rings. The van der Waals surface area contributed by atoms with Gasteiger partial charge in [0.05, 0.1) is 0 Å². The third-order valence-corrected chi connectivity index (χ3v) is 2.98. The number of nitrogens with two attached hydrogens (primary N) is 1. The molecule has 1 rings (SSSR count). The number of carbonyl (C=O) groups excluding carboxylic acids is 1. The van der Waals surface area contributed by atoms with Crippen LogP contribution in [0.3, 0.4) is 0 Å². The van der Waals surface area contributed by atoms with Gasteiger partial charge in [-0.1, -0.05) is 12.1 Å². The highest BCUT2D eigenvalue weighted by Crippen LogP contribution is 2.17. The number of rotatable bonds is 5. The summed E-state index contributed by atoms with van der Waals surface area (Å²) >= 11 is 0. The minimum atomic E-state index is -1.02. The maximum atomic E-state index is 12.4. The summed E-state index contributed by atoms with van der Waals surface area (Å²) in [4.78, 5) is 24.7. The van der Waals surface area contributed by atoms with Gasteiger partial charge in [-0.05, 0) is 51.4 Å². The Morgan fingerprint density at radius 1 is 1.20 bits per heavy atom. The lowest BCUT2D eigenvalue weighted by molar-refractivity contribution is -0.138. The molecule has 0 unspecified atom stereocenters. The van der Waals surface area contributed by atoms with Crippen LogP contribution >= 0.6 is 0 Å². The summed E-state index contributed by atoms with van der Waals surface area (Å²) in [5, 5.41) is 8.95. The molecule has 5 nitrogen and oxygen atoms in total. The molecular weight excluding hydrogens is 256 g/mol. The van der Waals surface area contributed by atoms with E-state index in [1.807, 2.05) is 32.9 Å². The summed E-state index contributed by atoms with van der Waals surface area (Å²) in [5.74, 6) is -1.30. The fraction of sp³-hybridized carbons (Fsp3) is 0.467. The Morgan fingerprint density at radius 3 is 2.15 bits per heavy atom. The van der Waals surface area contributed by atoms with Crippen LogP contribution < -0.4 is 5.73 Å². The van der Waals surface area contributed by atoms with E-state index < -0.39 is 11.5 Å². The van der Waals surface area contributed by atoms with Crippen molar-refractivity contribution in [3.8, 4) is 0 Å². The predicted octanol–water partition coefficient (Wildman–Crippen LogP) is 1.51. The van der Waals surface area contributed by atoms with Crippen LogP contribution in [0.1, 0.15) is 36.7 Å². The number of aliphatic carboxylic acids is 1. The van der Waals surface area contributed by atoms with Gasteiger partial charge in [0.2, 0.25) is 0 Å². The predicted molar refractivity (Wildman–Crippen MR) is 77.6 cm³/mol. The molecule has 0 spiro atoms. The molecule has 0 aromatic heterocycles. The molecule has 0 aliphatic rings. The molecule has 0 heterocycles. The van der Waals surface area contributed by atoms with Crippen molar-refractivity contribution in [3.63, 3.8) is 0 Å². The van der Waals surface area contributed by atoms with Crippen molar-refractivity contribution >= 4 is 11.9 Å². The second kappa shape index (κ2) is 6.52. The molecule has 0 saturated heterocycles. The first-order valence-electron chi connectivity index (χ1n) is 6.58. The molecule has 3 N–H and O–H groups in total. The highest BCUT2D eigenvalue weighted by Gasteiger charge is 2.29. The molecule has 0 radical (unpaired) electrons. The van der Waals surface area contributed by atoms with Crippen LogP contribution in [0.4, 0.5) is 0 Å². The largest absolute Gasteiger partial charge is 0.480 e. The van der Waals surface area contributed by atoms with E-state index in [-0.39, 0.29) is 12.5 Å². The lowest BCUT2D eigenvalue weighted by atomic mass is 10.0. The van der Waals surface area contributed by atoms with E-state index in [1.54, 1.807) is 12.1 Å². The maximum Gasteiger partial charge on any atom is 0.323 e. The minimum absolute atomic E-state index is 0.279. The van der Waals surface area contributed by atoms with Gasteiger partial charge in [-0.3, -0.25) is 9.59 Å². The van der Waals surface area contributed by atoms with E-state index >= 15 is 0 Å². The molecule has 0 bridgehead atoms. The Morgan fingerprint density at radius 2 is 1.75 bits per heavy atom. The van der Waals surface area contributed by atoms with Crippen LogP contribution in [0, 0.1) is 0 Å². The monoisotopic (exact) mass is 278 g/mol. The number of hydrogen-bond acceptors (Lipinski definition) is 3. The van der Waals surface area contributed by atoms with Crippen LogP contribution in [0.5, 0.6) is 0 Å². The molecule has 0 atom stereocenters. The zero-order valence-electron chi connectivity index (χ0n) is 12.2. The van der Waals surface area contributed by atoms with E-state index in [9.17, 15) is 9.59 Å². The number of carbonyl (C=O) groups is 2. The third kappa shape index (κ3) is 4.35. The maximum absolute atomic E-state index is 12.4. The van der Waals surface area contributed by atoms with Gasteiger partial charge >= 0.3 is 5.97 Å². The summed E-state index contributed by atoms with van der Waals surface area (Å²) in [6, 6.07) is 7.13. The Labute approximate surface area is 119 Å². The van der Waals surface area contributed by atoms with Gasteiger partial charge < -0.3 is 15.7 Å². The lowest BCUT2D eigenvalue weighted by Gasteiger charge is -2.34. The fourth-order valence-corrected chi connectivity index (χ4v) is 1.89. The summed E-state index contributed by atoms with van der Waals surface area (Å²) in [6.45, 7) is 5.69. The van der Waals surface area contributed by atoms with Gasteiger partial charge in [0.15, 0.2) is 0 Å². The van der Waals surface area contributed by atoms with Gasteiger partial charge in [0.25, 0.3) is 5.91 Å². The van der Waals surface area contributed by atoms with Gasteiger partial charge in [-0.25, -0.2) is 0 Å². The normalized spacial score (nSPS) is 11.2. The number of amides is 1. The average molecular weight is 278 g/mol. The van der Waals surface area contributed by atoms with E-state index in [2.05, 4.69) is 0 Å². The van der Waals surface area contributed by atoms with Crippen molar-refractivity contribution in [1.82, 2.24) is 4.90 Å². The molecule has 110 valence electrons. The average Bonchev–Trinajstić information content (AvgIpc) is 2.35. The smallest absolute Gasteiger partial charge is 0.323 e. The lowest BCUT2D eigenvalue weighted by Crippen LogP contribution is -2.48. The molecule has 0 saturated carbocycles. The van der Waals surface area contributed by atoms with E-state index in [0.29, 0.717) is 12.1 Å². The highest BCUT2D eigenvalue weighted by molar-refractivity contribution is 5.96. The van der Waals surface area contributed by atoms with Crippen molar-refractivity contribution in [3.05, 3.63) is 35.4 Å². The molecule has 0 fully saturated rings. The summed E-state index contributed by atoms with van der Waals surface area (Å²) in [5.41, 5.74) is 6.48. The number of carboxylic acids is 1. The highest BCUT2D eigenvalue weighted by atomic mass is 16.4. The number of hydrogen-bond donors (Lipinski definition) is 2. The molecule has 1 amide bonds. The number of nitrogens with zero attached hydrogens (tertiary/aromatic N) is 1. The SMILES string of the molecule is CC(C)(C)N(CC(=O)O)C(=O)c1ccc(CCN)cc1.